The molecule has 8 rings (SSSR count). The number of nitrogens with one attached hydrogen (secondary N) is 1. The highest BCUT2D eigenvalue weighted by atomic mass is 16.2. The Morgan fingerprint density at radius 2 is 1.14 bits per heavy atom. The van der Waals surface area contributed by atoms with Crippen LogP contribution in [0, 0.1) is 11.8 Å². The second-order valence-corrected chi connectivity index (χ2v) is 9.60. The van der Waals surface area contributed by atoms with Crippen molar-refractivity contribution < 1.29 is 14.4 Å². The highest BCUT2D eigenvalue weighted by Crippen LogP contribution is 2.60. The quantitative estimate of drug-likeness (QED) is 0.454. The number of amides is 3. The van der Waals surface area contributed by atoms with Crippen LogP contribution in [0.15, 0.2) is 91.0 Å². The molecule has 5 nitrogen and oxygen atoms in total. The molecule has 1 aliphatic heterocycles. The summed E-state index contributed by atoms with van der Waals surface area (Å²) >= 11 is 0. The minimum absolute atomic E-state index is 0.167. The van der Waals surface area contributed by atoms with E-state index < -0.39 is 11.8 Å². The maximum Gasteiger partial charge on any atom is 0.244 e. The van der Waals surface area contributed by atoms with Crippen molar-refractivity contribution in [3.05, 3.63) is 113 Å². The van der Waals surface area contributed by atoms with E-state index in [9.17, 15) is 14.4 Å². The van der Waals surface area contributed by atoms with Crippen LogP contribution in [-0.4, -0.2) is 29.2 Å². The van der Waals surface area contributed by atoms with E-state index in [0.29, 0.717) is 5.69 Å². The predicted molar refractivity (Wildman–Crippen MR) is 133 cm³/mol. The van der Waals surface area contributed by atoms with Crippen LogP contribution in [0.1, 0.15) is 34.1 Å². The summed E-state index contributed by atoms with van der Waals surface area (Å²) in [6, 6.07) is 29.8. The van der Waals surface area contributed by atoms with E-state index in [4.69, 9.17) is 0 Å². The van der Waals surface area contributed by atoms with Crippen LogP contribution in [0.3, 0.4) is 0 Å². The fourth-order valence-corrected chi connectivity index (χ4v) is 6.56. The summed E-state index contributed by atoms with van der Waals surface area (Å²) in [6.07, 6.45) is 0. The standard InChI is InChI=1S/C30H22N2O3/c33-24(31-23-15-7-9-17-8-1-2-10-18(17)23)16-32-29(34)27-25-19-11-3-4-12-20(19)26(28(27)30(32)35)22-14-6-5-13-21(22)25/h1-15,25-28H,16H2,(H,31,33)/t25?,26?,27-,28-/m1/s1. The number of hydrogen-bond donors (Lipinski definition) is 1. The second-order valence-electron chi connectivity index (χ2n) is 9.60. The van der Waals surface area contributed by atoms with Crippen LogP contribution < -0.4 is 5.32 Å². The largest absolute Gasteiger partial charge is 0.324 e. The number of carbonyl (C=O) groups excluding carboxylic acids is 3. The minimum Gasteiger partial charge on any atom is -0.324 e. The number of rotatable bonds is 3. The monoisotopic (exact) mass is 458 g/mol. The van der Waals surface area contributed by atoms with Crippen molar-refractivity contribution in [3.8, 4) is 0 Å². The summed E-state index contributed by atoms with van der Waals surface area (Å²) in [6.45, 7) is -0.278. The highest BCUT2D eigenvalue weighted by molar-refractivity contribution is 6.11. The van der Waals surface area contributed by atoms with E-state index in [1.165, 1.54) is 4.90 Å². The van der Waals surface area contributed by atoms with Crippen molar-refractivity contribution in [1.29, 1.82) is 0 Å². The molecule has 4 aliphatic rings. The maximum absolute atomic E-state index is 13.7. The van der Waals surface area contributed by atoms with E-state index in [1.54, 1.807) is 0 Å². The van der Waals surface area contributed by atoms with Crippen molar-refractivity contribution in [2.75, 3.05) is 11.9 Å². The SMILES string of the molecule is O=C(CN1C(=O)[C@@H]2C3c4ccccc4C(c4ccccc43)[C@H]2C1=O)Nc1cccc2ccccc12. The number of nitrogens with zero attached hydrogens (tertiary/aromatic N) is 1. The number of hydrogen-bond acceptors (Lipinski definition) is 3. The minimum atomic E-state index is -0.470. The van der Waals surface area contributed by atoms with E-state index in [1.807, 2.05) is 66.7 Å². The molecule has 0 spiro atoms. The first kappa shape index (κ1) is 20.2. The van der Waals surface area contributed by atoms with E-state index in [2.05, 4.69) is 29.6 Å². The lowest BCUT2D eigenvalue weighted by Gasteiger charge is -2.45. The number of anilines is 1. The van der Waals surface area contributed by atoms with Gasteiger partial charge in [-0.25, -0.2) is 0 Å². The molecule has 3 aliphatic carbocycles. The van der Waals surface area contributed by atoms with E-state index in [0.717, 1.165) is 33.0 Å². The van der Waals surface area contributed by atoms with Crippen LogP contribution >= 0.6 is 0 Å². The summed E-state index contributed by atoms with van der Waals surface area (Å²) in [5.41, 5.74) is 5.17. The Morgan fingerprint density at radius 3 is 1.71 bits per heavy atom. The number of fused-ring (bicyclic) bond motifs is 1. The molecule has 4 aromatic rings. The van der Waals surface area contributed by atoms with Crippen molar-refractivity contribution in [2.24, 2.45) is 11.8 Å². The van der Waals surface area contributed by atoms with Crippen LogP contribution in [-0.2, 0) is 14.4 Å². The van der Waals surface area contributed by atoms with Crippen LogP contribution in [0.5, 0.6) is 0 Å². The van der Waals surface area contributed by atoms with Gasteiger partial charge in [-0.05, 0) is 33.7 Å². The normalized spacial score (nSPS) is 23.7. The van der Waals surface area contributed by atoms with Crippen molar-refractivity contribution in [2.45, 2.75) is 11.8 Å². The molecule has 4 aromatic carbocycles. The predicted octanol–water partition coefficient (Wildman–Crippen LogP) is 4.67. The molecular formula is C30H22N2O3. The highest BCUT2D eigenvalue weighted by Gasteiger charge is 2.61. The molecule has 0 aromatic heterocycles. The van der Waals surface area contributed by atoms with Crippen LogP contribution in [0.4, 0.5) is 5.69 Å². The van der Waals surface area contributed by atoms with Gasteiger partial charge in [0.25, 0.3) is 0 Å². The molecule has 1 saturated heterocycles. The van der Waals surface area contributed by atoms with Gasteiger partial charge in [-0.15, -0.1) is 0 Å². The zero-order valence-electron chi connectivity index (χ0n) is 18.8. The molecular weight excluding hydrogens is 436 g/mol. The molecule has 1 N–H and O–H groups in total. The molecule has 2 bridgehead atoms. The molecule has 2 atom stereocenters. The molecule has 0 unspecified atom stereocenters. The third-order valence-corrected chi connectivity index (χ3v) is 7.91. The van der Waals surface area contributed by atoms with Gasteiger partial charge in [-0.3, -0.25) is 19.3 Å². The van der Waals surface area contributed by atoms with Crippen molar-refractivity contribution in [3.63, 3.8) is 0 Å². The third-order valence-electron chi connectivity index (χ3n) is 7.91. The number of imide groups is 1. The van der Waals surface area contributed by atoms with E-state index in [-0.39, 0.29) is 36.1 Å². The topological polar surface area (TPSA) is 66.5 Å². The molecule has 1 fully saturated rings. The van der Waals surface area contributed by atoms with E-state index >= 15 is 0 Å². The van der Waals surface area contributed by atoms with Crippen molar-refractivity contribution >= 4 is 34.2 Å². The zero-order valence-corrected chi connectivity index (χ0v) is 18.8. The smallest absolute Gasteiger partial charge is 0.244 e. The molecule has 170 valence electrons. The third kappa shape index (κ3) is 2.78. The first-order chi connectivity index (χ1) is 17.1. The average molecular weight is 459 g/mol. The second kappa shape index (κ2) is 7.37. The van der Waals surface area contributed by atoms with Gasteiger partial charge in [0, 0.05) is 22.9 Å². The average Bonchev–Trinajstić information content (AvgIpc) is 3.14. The molecule has 5 heteroatoms. The number of carbonyl (C=O) groups is 3. The van der Waals surface area contributed by atoms with Gasteiger partial charge in [0.2, 0.25) is 17.7 Å². The Labute approximate surface area is 202 Å². The molecule has 0 radical (unpaired) electrons. The number of benzene rings is 4. The maximum atomic E-state index is 13.7. The summed E-state index contributed by atoms with van der Waals surface area (Å²) < 4.78 is 0. The first-order valence-corrected chi connectivity index (χ1v) is 11.9. The fourth-order valence-electron chi connectivity index (χ4n) is 6.56. The van der Waals surface area contributed by atoms with Gasteiger partial charge < -0.3 is 5.32 Å². The Balaban J connectivity index is 1.22. The fraction of sp³-hybridized carbons (Fsp3) is 0.167. The molecule has 1 heterocycles. The summed E-state index contributed by atoms with van der Waals surface area (Å²) in [4.78, 5) is 41.6. The summed E-state index contributed by atoms with van der Waals surface area (Å²) in [5, 5.41) is 4.85. The molecule has 3 amide bonds. The Hall–Kier alpha value is -4.25. The first-order valence-electron chi connectivity index (χ1n) is 11.9. The Bertz CT molecular complexity index is 1440. The Kier molecular flexibility index (Phi) is 4.25. The van der Waals surface area contributed by atoms with Gasteiger partial charge in [-0.1, -0.05) is 84.9 Å². The summed E-state index contributed by atoms with van der Waals surface area (Å²) in [7, 11) is 0. The number of likely N-dealkylation sites (tertiary alicyclic amines) is 1. The van der Waals surface area contributed by atoms with Crippen LogP contribution in [0.2, 0.25) is 0 Å². The van der Waals surface area contributed by atoms with Gasteiger partial charge in [0.05, 0.1) is 11.8 Å². The zero-order chi connectivity index (χ0) is 23.7. The summed E-state index contributed by atoms with van der Waals surface area (Å²) in [5.74, 6) is -2.13. The van der Waals surface area contributed by atoms with Crippen LogP contribution in [0.25, 0.3) is 10.8 Å². The lowest BCUT2D eigenvalue weighted by Crippen LogP contribution is -2.41. The van der Waals surface area contributed by atoms with Gasteiger partial charge >= 0.3 is 0 Å². The molecule has 35 heavy (non-hydrogen) atoms. The van der Waals surface area contributed by atoms with Gasteiger partial charge in [-0.2, -0.15) is 0 Å². The lowest BCUT2D eigenvalue weighted by molar-refractivity contribution is -0.142. The molecule has 0 saturated carbocycles. The van der Waals surface area contributed by atoms with Gasteiger partial charge in [0.1, 0.15) is 6.54 Å². The lowest BCUT2D eigenvalue weighted by atomic mass is 9.55. The van der Waals surface area contributed by atoms with Gasteiger partial charge in [0.15, 0.2) is 0 Å². The van der Waals surface area contributed by atoms with Crippen molar-refractivity contribution in [1.82, 2.24) is 4.90 Å². The Morgan fingerprint density at radius 1 is 0.657 bits per heavy atom.